The average molecular weight is 416 g/mol. The monoisotopic (exact) mass is 416 g/mol. The molecule has 0 radical (unpaired) electrons. The van der Waals surface area contributed by atoms with Crippen LogP contribution in [0.15, 0.2) is 71.8 Å². The van der Waals surface area contributed by atoms with Crippen LogP contribution in [0.1, 0.15) is 5.69 Å². The highest BCUT2D eigenvalue weighted by Crippen LogP contribution is 2.34. The molecular formula is C24H24N4O3. The number of para-hydroxylation sites is 2. The number of rotatable bonds is 5. The van der Waals surface area contributed by atoms with Crippen molar-refractivity contribution < 1.29 is 9.47 Å². The van der Waals surface area contributed by atoms with E-state index in [1.165, 1.54) is 0 Å². The fourth-order valence-electron chi connectivity index (χ4n) is 3.89. The van der Waals surface area contributed by atoms with E-state index in [-0.39, 0.29) is 5.69 Å². The summed E-state index contributed by atoms with van der Waals surface area (Å²) in [5, 5.41) is 0. The quantitative estimate of drug-likeness (QED) is 0.500. The SMILES string of the molecule is Cn1cc(-c2ccccc2Oc2ccccc2)c2nc(CN3CCOCC3)cn2c1=O. The molecule has 1 aliphatic heterocycles. The molecule has 7 heteroatoms. The van der Waals surface area contributed by atoms with Crippen molar-refractivity contribution in [3.05, 3.63) is 83.2 Å². The van der Waals surface area contributed by atoms with Crippen LogP contribution in [0.2, 0.25) is 0 Å². The van der Waals surface area contributed by atoms with Crippen LogP contribution < -0.4 is 10.4 Å². The molecule has 2 aromatic heterocycles. The van der Waals surface area contributed by atoms with Crippen molar-refractivity contribution in [3.8, 4) is 22.6 Å². The molecule has 3 heterocycles. The minimum Gasteiger partial charge on any atom is -0.457 e. The van der Waals surface area contributed by atoms with E-state index in [1.54, 1.807) is 16.0 Å². The minimum absolute atomic E-state index is 0.124. The fraction of sp³-hybridized carbons (Fsp3) is 0.250. The molecule has 0 aliphatic carbocycles. The van der Waals surface area contributed by atoms with Gasteiger partial charge in [-0.3, -0.25) is 9.30 Å². The van der Waals surface area contributed by atoms with Crippen LogP contribution in [0.3, 0.4) is 0 Å². The van der Waals surface area contributed by atoms with Crippen molar-refractivity contribution in [3.63, 3.8) is 0 Å². The highest BCUT2D eigenvalue weighted by molar-refractivity contribution is 5.81. The van der Waals surface area contributed by atoms with E-state index >= 15 is 0 Å². The van der Waals surface area contributed by atoms with Crippen LogP contribution in [0.25, 0.3) is 16.8 Å². The summed E-state index contributed by atoms with van der Waals surface area (Å²) >= 11 is 0. The second kappa shape index (κ2) is 8.37. The Hall–Kier alpha value is -3.42. The van der Waals surface area contributed by atoms with Crippen LogP contribution in [0.5, 0.6) is 11.5 Å². The minimum atomic E-state index is -0.124. The number of morpholine rings is 1. The molecule has 0 amide bonds. The standard InChI is InChI=1S/C24H24N4O3/c1-26-17-21(20-9-5-6-10-22(20)31-19-7-3-2-4-8-19)23-25-18(16-28(23)24(26)29)15-27-11-13-30-14-12-27/h2-10,16-17H,11-15H2,1H3. The van der Waals surface area contributed by atoms with Gasteiger partial charge in [0.15, 0.2) is 5.65 Å². The maximum atomic E-state index is 12.8. The number of imidazole rings is 1. The van der Waals surface area contributed by atoms with Gasteiger partial charge in [-0.15, -0.1) is 0 Å². The predicted octanol–water partition coefficient (Wildman–Crippen LogP) is 3.32. The summed E-state index contributed by atoms with van der Waals surface area (Å²) in [6, 6.07) is 17.5. The lowest BCUT2D eigenvalue weighted by Crippen LogP contribution is -2.35. The molecule has 1 fully saturated rings. The van der Waals surface area contributed by atoms with Gasteiger partial charge in [-0.1, -0.05) is 36.4 Å². The number of hydrogen-bond acceptors (Lipinski definition) is 5. The lowest BCUT2D eigenvalue weighted by atomic mass is 10.1. The molecule has 0 bridgehead atoms. The summed E-state index contributed by atoms with van der Waals surface area (Å²) in [6.07, 6.45) is 3.67. The number of aromatic nitrogens is 3. The summed E-state index contributed by atoms with van der Waals surface area (Å²) in [7, 11) is 1.76. The topological polar surface area (TPSA) is 61.0 Å². The first-order valence-corrected chi connectivity index (χ1v) is 10.4. The average Bonchev–Trinajstić information content (AvgIpc) is 3.22. The number of aryl methyl sites for hydroxylation is 1. The van der Waals surface area contributed by atoms with E-state index in [0.717, 1.165) is 48.9 Å². The first-order chi connectivity index (χ1) is 15.2. The van der Waals surface area contributed by atoms with Crippen LogP contribution in [-0.4, -0.2) is 45.2 Å². The molecule has 0 spiro atoms. The number of hydrogen-bond donors (Lipinski definition) is 0. The van der Waals surface area contributed by atoms with Gasteiger partial charge in [0.25, 0.3) is 0 Å². The highest BCUT2D eigenvalue weighted by Gasteiger charge is 2.18. The number of fused-ring (bicyclic) bond motifs is 1. The van der Waals surface area contributed by atoms with Crippen LogP contribution >= 0.6 is 0 Å². The van der Waals surface area contributed by atoms with Crippen LogP contribution in [0.4, 0.5) is 0 Å². The predicted molar refractivity (Wildman–Crippen MR) is 118 cm³/mol. The van der Waals surface area contributed by atoms with Crippen molar-refractivity contribution in [2.24, 2.45) is 7.05 Å². The summed E-state index contributed by atoms with van der Waals surface area (Å²) in [4.78, 5) is 20.0. The molecule has 1 aliphatic rings. The Morgan fingerprint density at radius 3 is 2.52 bits per heavy atom. The van der Waals surface area contributed by atoms with Crippen molar-refractivity contribution >= 4 is 5.65 Å². The Bertz CT molecular complexity index is 1260. The second-order valence-electron chi connectivity index (χ2n) is 7.66. The highest BCUT2D eigenvalue weighted by atomic mass is 16.5. The Kier molecular flexibility index (Phi) is 5.28. The van der Waals surface area contributed by atoms with Crippen LogP contribution in [-0.2, 0) is 18.3 Å². The third kappa shape index (κ3) is 3.97. The summed E-state index contributed by atoms with van der Waals surface area (Å²) in [5.74, 6) is 1.47. The van der Waals surface area contributed by atoms with Gasteiger partial charge in [-0.05, 0) is 18.2 Å². The zero-order chi connectivity index (χ0) is 21.2. The van der Waals surface area contributed by atoms with E-state index in [9.17, 15) is 4.79 Å². The molecule has 31 heavy (non-hydrogen) atoms. The Morgan fingerprint density at radius 2 is 1.71 bits per heavy atom. The molecule has 1 saturated heterocycles. The van der Waals surface area contributed by atoms with Gasteiger partial charge < -0.3 is 14.0 Å². The largest absolute Gasteiger partial charge is 0.457 e. The number of ether oxygens (including phenoxy) is 2. The molecule has 0 atom stereocenters. The third-order valence-electron chi connectivity index (χ3n) is 5.46. The van der Waals surface area contributed by atoms with Crippen molar-refractivity contribution in [1.29, 1.82) is 0 Å². The van der Waals surface area contributed by atoms with E-state index in [1.807, 2.05) is 67.0 Å². The first kappa shape index (κ1) is 19.5. The number of nitrogens with zero attached hydrogens (tertiary/aromatic N) is 4. The first-order valence-electron chi connectivity index (χ1n) is 10.4. The maximum Gasteiger partial charge on any atom is 0.333 e. The van der Waals surface area contributed by atoms with Gasteiger partial charge in [-0.2, -0.15) is 0 Å². The smallest absolute Gasteiger partial charge is 0.333 e. The van der Waals surface area contributed by atoms with Crippen molar-refractivity contribution in [2.75, 3.05) is 26.3 Å². The fourth-order valence-corrected chi connectivity index (χ4v) is 3.89. The Balaban J connectivity index is 1.59. The molecule has 0 unspecified atom stereocenters. The molecular weight excluding hydrogens is 392 g/mol. The summed E-state index contributed by atoms with van der Waals surface area (Å²) < 4.78 is 14.8. The molecule has 7 nitrogen and oxygen atoms in total. The number of benzene rings is 2. The van der Waals surface area contributed by atoms with Crippen molar-refractivity contribution in [1.82, 2.24) is 18.9 Å². The lowest BCUT2D eigenvalue weighted by molar-refractivity contribution is 0.0337. The zero-order valence-electron chi connectivity index (χ0n) is 17.4. The molecule has 2 aromatic carbocycles. The summed E-state index contributed by atoms with van der Waals surface area (Å²) in [6.45, 7) is 3.88. The maximum absolute atomic E-state index is 12.8. The van der Waals surface area contributed by atoms with Crippen molar-refractivity contribution in [2.45, 2.75) is 6.54 Å². The van der Waals surface area contributed by atoms with Gasteiger partial charge in [0.1, 0.15) is 11.5 Å². The zero-order valence-corrected chi connectivity index (χ0v) is 17.4. The lowest BCUT2D eigenvalue weighted by Gasteiger charge is -2.25. The van der Waals surface area contributed by atoms with Gasteiger partial charge >= 0.3 is 5.69 Å². The molecule has 0 saturated carbocycles. The van der Waals surface area contributed by atoms with Gasteiger partial charge in [0, 0.05) is 50.2 Å². The van der Waals surface area contributed by atoms with E-state index in [0.29, 0.717) is 17.9 Å². The van der Waals surface area contributed by atoms with Crippen LogP contribution in [0, 0.1) is 0 Å². The van der Waals surface area contributed by atoms with E-state index in [2.05, 4.69) is 4.90 Å². The molecule has 4 aromatic rings. The Morgan fingerprint density at radius 1 is 0.968 bits per heavy atom. The van der Waals surface area contributed by atoms with Gasteiger partial charge in [0.05, 0.1) is 18.9 Å². The van der Waals surface area contributed by atoms with E-state index in [4.69, 9.17) is 14.5 Å². The molecule has 158 valence electrons. The Labute approximate surface area is 180 Å². The molecule has 0 N–H and O–H groups in total. The summed E-state index contributed by atoms with van der Waals surface area (Å²) in [5.41, 5.74) is 3.11. The van der Waals surface area contributed by atoms with E-state index < -0.39 is 0 Å². The third-order valence-corrected chi connectivity index (χ3v) is 5.46. The normalized spacial score (nSPS) is 14.7. The molecule has 5 rings (SSSR count). The van der Waals surface area contributed by atoms with Gasteiger partial charge in [-0.25, -0.2) is 9.78 Å². The van der Waals surface area contributed by atoms with Gasteiger partial charge in [0.2, 0.25) is 0 Å². The second-order valence-corrected chi connectivity index (χ2v) is 7.66.